The first kappa shape index (κ1) is 22.3. The smallest absolute Gasteiger partial charge is 0.272 e. The van der Waals surface area contributed by atoms with Crippen LogP contribution in [0.4, 0.5) is 17.1 Å². The molecule has 0 saturated heterocycles. The maximum absolute atomic E-state index is 12.7. The van der Waals surface area contributed by atoms with Crippen LogP contribution < -0.4 is 16.0 Å². The molecule has 0 unspecified atom stereocenters. The number of amides is 3. The van der Waals surface area contributed by atoms with E-state index in [1.807, 2.05) is 0 Å². The van der Waals surface area contributed by atoms with Crippen molar-refractivity contribution in [3.8, 4) is 0 Å². The Bertz CT molecular complexity index is 1010. The van der Waals surface area contributed by atoms with Crippen LogP contribution in [0.5, 0.6) is 0 Å². The first-order valence-corrected chi connectivity index (χ1v) is 9.11. The van der Waals surface area contributed by atoms with Crippen LogP contribution in [-0.4, -0.2) is 22.6 Å². The van der Waals surface area contributed by atoms with Crippen LogP contribution in [0.1, 0.15) is 26.3 Å². The molecule has 0 saturated carbocycles. The number of carbonyl (C=O) groups excluding carboxylic acids is 3. The Kier molecular flexibility index (Phi) is 7.40. The lowest BCUT2D eigenvalue weighted by molar-refractivity contribution is -0.384. The molecule has 0 spiro atoms. The fraction of sp³-hybridized carbons (Fsp3) is 0.190. The minimum Gasteiger partial charge on any atom is -0.326 e. The van der Waals surface area contributed by atoms with Crippen molar-refractivity contribution in [1.82, 2.24) is 5.32 Å². The van der Waals surface area contributed by atoms with E-state index in [4.69, 9.17) is 0 Å². The lowest BCUT2D eigenvalue weighted by Crippen LogP contribution is -2.29. The Morgan fingerprint density at radius 1 is 1.00 bits per heavy atom. The molecule has 0 radical (unpaired) electrons. The number of nitrogens with zero attached hydrogens (tertiary/aromatic N) is 1. The highest BCUT2D eigenvalue weighted by Gasteiger charge is 2.14. The third kappa shape index (κ3) is 6.55. The molecule has 0 aliphatic heterocycles. The van der Waals surface area contributed by atoms with Gasteiger partial charge in [0.2, 0.25) is 11.8 Å². The molecule has 3 N–H and O–H groups in total. The van der Waals surface area contributed by atoms with Gasteiger partial charge in [-0.2, -0.15) is 0 Å². The van der Waals surface area contributed by atoms with E-state index in [2.05, 4.69) is 16.0 Å². The minimum absolute atomic E-state index is 0.0837. The molecule has 9 heteroatoms. The van der Waals surface area contributed by atoms with Crippen LogP contribution >= 0.6 is 0 Å². The maximum atomic E-state index is 12.7. The third-order valence-corrected chi connectivity index (χ3v) is 3.86. The van der Waals surface area contributed by atoms with Crippen molar-refractivity contribution in [2.24, 2.45) is 5.92 Å². The van der Waals surface area contributed by atoms with Gasteiger partial charge in [0.05, 0.1) is 4.92 Å². The molecular weight excluding hydrogens is 388 g/mol. The molecule has 0 bridgehead atoms. The summed E-state index contributed by atoms with van der Waals surface area (Å²) in [5.74, 6) is -1.46. The molecule has 2 aromatic rings. The molecule has 2 rings (SSSR count). The summed E-state index contributed by atoms with van der Waals surface area (Å²) in [5.41, 5.74) is 1.06. The number of benzene rings is 2. The molecule has 156 valence electrons. The number of carbonyl (C=O) groups is 3. The van der Waals surface area contributed by atoms with Crippen LogP contribution in [0.3, 0.4) is 0 Å². The van der Waals surface area contributed by atoms with E-state index in [0.29, 0.717) is 16.9 Å². The number of nitro benzene ring substituents is 1. The zero-order valence-electron chi connectivity index (χ0n) is 16.8. The van der Waals surface area contributed by atoms with E-state index in [-0.39, 0.29) is 23.2 Å². The van der Waals surface area contributed by atoms with Gasteiger partial charge in [-0.15, -0.1) is 0 Å². The van der Waals surface area contributed by atoms with Crippen molar-refractivity contribution in [3.63, 3.8) is 0 Å². The van der Waals surface area contributed by atoms with Crippen molar-refractivity contribution >= 4 is 40.9 Å². The Morgan fingerprint density at radius 3 is 2.23 bits per heavy atom. The zero-order chi connectivity index (χ0) is 22.3. The van der Waals surface area contributed by atoms with Gasteiger partial charge in [0.1, 0.15) is 5.70 Å². The topological polar surface area (TPSA) is 130 Å². The summed E-state index contributed by atoms with van der Waals surface area (Å²) in [6.07, 6.45) is 1.34. The lowest BCUT2D eigenvalue weighted by Gasteiger charge is -2.12. The van der Waals surface area contributed by atoms with Crippen LogP contribution in [0.25, 0.3) is 6.08 Å². The second kappa shape index (κ2) is 9.97. The van der Waals surface area contributed by atoms with Crippen molar-refractivity contribution < 1.29 is 19.3 Å². The Hall–Kier alpha value is -4.01. The molecule has 2 aromatic carbocycles. The molecule has 0 aliphatic rings. The second-order valence-corrected chi connectivity index (χ2v) is 6.77. The van der Waals surface area contributed by atoms with Crippen molar-refractivity contribution in [2.45, 2.75) is 20.8 Å². The van der Waals surface area contributed by atoms with Gasteiger partial charge in [-0.3, -0.25) is 24.5 Å². The van der Waals surface area contributed by atoms with E-state index in [9.17, 15) is 24.5 Å². The van der Waals surface area contributed by atoms with Crippen molar-refractivity contribution in [3.05, 3.63) is 69.9 Å². The monoisotopic (exact) mass is 410 g/mol. The lowest BCUT2D eigenvalue weighted by atomic mass is 10.1. The molecule has 0 fully saturated rings. The van der Waals surface area contributed by atoms with Crippen LogP contribution in [-0.2, 0) is 14.4 Å². The average molecular weight is 410 g/mol. The van der Waals surface area contributed by atoms with E-state index >= 15 is 0 Å². The van der Waals surface area contributed by atoms with Gasteiger partial charge in [-0.1, -0.05) is 32.0 Å². The standard InChI is InChI=1S/C21H22N4O5/c1-13(2)20(27)23-16-7-5-8-17(12-16)24-21(28)19(22-14(3)26)11-15-6-4-9-18(10-15)25(29)30/h4-13H,1-3H3,(H,22,26)(H,23,27)(H,24,28)/b19-11-. The fourth-order valence-corrected chi connectivity index (χ4v) is 2.40. The van der Waals surface area contributed by atoms with Crippen molar-refractivity contribution in [1.29, 1.82) is 0 Å². The summed E-state index contributed by atoms with van der Waals surface area (Å²) < 4.78 is 0. The zero-order valence-corrected chi connectivity index (χ0v) is 16.8. The summed E-state index contributed by atoms with van der Waals surface area (Å²) in [7, 11) is 0. The summed E-state index contributed by atoms with van der Waals surface area (Å²) >= 11 is 0. The summed E-state index contributed by atoms with van der Waals surface area (Å²) in [6.45, 7) is 4.77. The SMILES string of the molecule is CC(=O)N/C(=C\c1cccc([N+](=O)[O-])c1)C(=O)Nc1cccc(NC(=O)C(C)C)c1. The largest absolute Gasteiger partial charge is 0.326 e. The molecule has 9 nitrogen and oxygen atoms in total. The average Bonchev–Trinajstić information content (AvgIpc) is 2.67. The highest BCUT2D eigenvalue weighted by molar-refractivity contribution is 6.08. The van der Waals surface area contributed by atoms with Crippen LogP contribution in [0.15, 0.2) is 54.2 Å². The molecule has 3 amide bonds. The molecular formula is C21H22N4O5. The molecule has 0 aliphatic carbocycles. The quantitative estimate of drug-likeness (QED) is 0.366. The van der Waals surface area contributed by atoms with E-state index in [0.717, 1.165) is 0 Å². The molecule has 30 heavy (non-hydrogen) atoms. The predicted molar refractivity (Wildman–Crippen MR) is 113 cm³/mol. The number of nitrogens with one attached hydrogen (secondary N) is 3. The summed E-state index contributed by atoms with van der Waals surface area (Å²) in [5, 5.41) is 18.8. The maximum Gasteiger partial charge on any atom is 0.272 e. The molecule has 0 atom stereocenters. The summed E-state index contributed by atoms with van der Waals surface area (Å²) in [6, 6.07) is 12.2. The number of rotatable bonds is 7. The highest BCUT2D eigenvalue weighted by Crippen LogP contribution is 2.18. The Morgan fingerprint density at radius 2 is 1.63 bits per heavy atom. The van der Waals surface area contributed by atoms with Gasteiger partial charge in [-0.25, -0.2) is 0 Å². The third-order valence-electron chi connectivity index (χ3n) is 3.86. The number of nitro groups is 1. The second-order valence-electron chi connectivity index (χ2n) is 6.77. The van der Waals surface area contributed by atoms with E-state index in [1.54, 1.807) is 44.2 Å². The van der Waals surface area contributed by atoms with Gasteiger partial charge < -0.3 is 16.0 Å². The number of hydrogen-bond acceptors (Lipinski definition) is 5. The fourth-order valence-electron chi connectivity index (χ4n) is 2.40. The Balaban J connectivity index is 2.26. The summed E-state index contributed by atoms with van der Waals surface area (Å²) in [4.78, 5) is 46.5. The first-order chi connectivity index (χ1) is 14.2. The van der Waals surface area contributed by atoms with Crippen molar-refractivity contribution in [2.75, 3.05) is 10.6 Å². The van der Waals surface area contributed by atoms with Gasteiger partial charge in [0.25, 0.3) is 11.6 Å². The molecule has 0 heterocycles. The first-order valence-electron chi connectivity index (χ1n) is 9.11. The van der Waals surface area contributed by atoms with Gasteiger partial charge in [-0.05, 0) is 29.8 Å². The van der Waals surface area contributed by atoms with Gasteiger partial charge in [0, 0.05) is 36.3 Å². The molecule has 0 aromatic heterocycles. The van der Waals surface area contributed by atoms with Gasteiger partial charge >= 0.3 is 0 Å². The normalized spacial score (nSPS) is 11.0. The van der Waals surface area contributed by atoms with Gasteiger partial charge in [0.15, 0.2) is 0 Å². The van der Waals surface area contributed by atoms with E-state index in [1.165, 1.54) is 31.2 Å². The Labute approximate surface area is 173 Å². The number of hydrogen-bond donors (Lipinski definition) is 3. The predicted octanol–water partition coefficient (Wildman–Crippen LogP) is 3.31. The van der Waals surface area contributed by atoms with Crippen LogP contribution in [0, 0.1) is 16.0 Å². The van der Waals surface area contributed by atoms with Crippen LogP contribution in [0.2, 0.25) is 0 Å². The minimum atomic E-state index is -0.621. The van der Waals surface area contributed by atoms with E-state index < -0.39 is 16.7 Å². The highest BCUT2D eigenvalue weighted by atomic mass is 16.6. The number of anilines is 2. The number of non-ortho nitro benzene ring substituents is 1.